The Morgan fingerprint density at radius 1 is 1.56 bits per heavy atom. The van der Waals surface area contributed by atoms with Crippen molar-refractivity contribution < 1.29 is 14.7 Å². The van der Waals surface area contributed by atoms with Crippen LogP contribution in [0.3, 0.4) is 0 Å². The molecule has 0 aliphatic carbocycles. The van der Waals surface area contributed by atoms with Gasteiger partial charge in [-0.3, -0.25) is 4.79 Å². The van der Waals surface area contributed by atoms with Crippen LogP contribution >= 0.6 is 11.8 Å². The number of carbonyl (C=O) groups is 2. The highest BCUT2D eigenvalue weighted by atomic mass is 32.2. The van der Waals surface area contributed by atoms with Crippen LogP contribution in [0.2, 0.25) is 0 Å². The number of thioether (sulfide) groups is 1. The van der Waals surface area contributed by atoms with Gasteiger partial charge in [0.05, 0.1) is 5.75 Å². The van der Waals surface area contributed by atoms with E-state index >= 15 is 0 Å². The fraction of sp³-hybridized carbons (Fsp3) is 0.636. The minimum atomic E-state index is -0.976. The van der Waals surface area contributed by atoms with Crippen molar-refractivity contribution in [2.24, 2.45) is 5.41 Å². The highest BCUT2D eigenvalue weighted by Gasteiger charge is 2.35. The maximum atomic E-state index is 11.8. The van der Waals surface area contributed by atoms with Gasteiger partial charge in [0.15, 0.2) is 0 Å². The number of carbonyl (C=O) groups excluding carboxylic acids is 1. The largest absolute Gasteiger partial charge is 0.480 e. The fourth-order valence-corrected chi connectivity index (χ4v) is 2.52. The topological polar surface area (TPSA) is 57.6 Å². The van der Waals surface area contributed by atoms with Crippen molar-refractivity contribution >= 4 is 23.6 Å². The molecule has 1 heterocycles. The summed E-state index contributed by atoms with van der Waals surface area (Å²) in [5.74, 6) is -0.792. The Morgan fingerprint density at radius 3 is 2.56 bits per heavy atom. The predicted octanol–water partition coefficient (Wildman–Crippen LogP) is 1.92. The van der Waals surface area contributed by atoms with Crippen molar-refractivity contribution in [2.75, 3.05) is 5.75 Å². The molecule has 0 fully saturated rings. The second-order valence-electron chi connectivity index (χ2n) is 4.84. The number of hydrogen-bond acceptors (Lipinski definition) is 3. The molecule has 1 amide bonds. The van der Waals surface area contributed by atoms with Gasteiger partial charge in [0, 0.05) is 11.1 Å². The van der Waals surface area contributed by atoms with Crippen LogP contribution in [0.15, 0.2) is 11.1 Å². The van der Waals surface area contributed by atoms with E-state index in [-0.39, 0.29) is 11.3 Å². The first-order chi connectivity index (χ1) is 7.25. The minimum Gasteiger partial charge on any atom is -0.480 e. The number of amides is 1. The second kappa shape index (κ2) is 4.49. The standard InChI is InChI=1S/C11H17NO3S/c1-7(10(14)15)12-8(11(2,3)4)5-16-6-9(12)13/h5,7H,6H2,1-4H3,(H,14,15). The van der Waals surface area contributed by atoms with E-state index in [1.54, 1.807) is 0 Å². The summed E-state index contributed by atoms with van der Waals surface area (Å²) in [6, 6.07) is -0.807. The molecule has 0 spiro atoms. The third kappa shape index (κ3) is 2.58. The molecule has 1 aliphatic heterocycles. The summed E-state index contributed by atoms with van der Waals surface area (Å²) >= 11 is 1.42. The van der Waals surface area contributed by atoms with Gasteiger partial charge in [-0.1, -0.05) is 20.8 Å². The summed E-state index contributed by atoms with van der Waals surface area (Å²) in [6.07, 6.45) is 0. The third-order valence-electron chi connectivity index (χ3n) is 2.44. The van der Waals surface area contributed by atoms with E-state index in [1.165, 1.54) is 23.6 Å². The summed E-state index contributed by atoms with van der Waals surface area (Å²) < 4.78 is 0. The smallest absolute Gasteiger partial charge is 0.326 e. The van der Waals surface area contributed by atoms with Gasteiger partial charge < -0.3 is 10.0 Å². The molecule has 5 heteroatoms. The Kier molecular flexibility index (Phi) is 3.68. The lowest BCUT2D eigenvalue weighted by molar-refractivity contribution is -0.147. The monoisotopic (exact) mass is 243 g/mol. The third-order valence-corrected chi connectivity index (χ3v) is 3.25. The molecule has 16 heavy (non-hydrogen) atoms. The van der Waals surface area contributed by atoms with Gasteiger partial charge in [-0.05, 0) is 12.3 Å². The number of aliphatic carboxylic acids is 1. The Labute approximate surface area is 99.7 Å². The average molecular weight is 243 g/mol. The van der Waals surface area contributed by atoms with Crippen LogP contribution in [0.5, 0.6) is 0 Å². The zero-order valence-corrected chi connectivity index (χ0v) is 10.8. The van der Waals surface area contributed by atoms with Crippen molar-refractivity contribution in [1.82, 2.24) is 4.90 Å². The zero-order chi connectivity index (χ0) is 12.5. The van der Waals surface area contributed by atoms with Crippen molar-refractivity contribution in [3.8, 4) is 0 Å². The van der Waals surface area contributed by atoms with Gasteiger partial charge in [0.25, 0.3) is 0 Å². The summed E-state index contributed by atoms with van der Waals surface area (Å²) in [5, 5.41) is 10.9. The van der Waals surface area contributed by atoms with Gasteiger partial charge in [0.1, 0.15) is 6.04 Å². The van der Waals surface area contributed by atoms with Crippen molar-refractivity contribution in [2.45, 2.75) is 33.7 Å². The Balaban J connectivity index is 3.09. The molecule has 1 atom stereocenters. The van der Waals surface area contributed by atoms with Crippen molar-refractivity contribution in [1.29, 1.82) is 0 Å². The van der Waals surface area contributed by atoms with Crippen LogP contribution in [-0.4, -0.2) is 33.7 Å². The lowest BCUT2D eigenvalue weighted by Crippen LogP contribution is -2.47. The molecular formula is C11H17NO3S. The summed E-state index contributed by atoms with van der Waals surface area (Å²) in [7, 11) is 0. The summed E-state index contributed by atoms with van der Waals surface area (Å²) in [4.78, 5) is 24.2. The molecule has 0 aromatic carbocycles. The lowest BCUT2D eigenvalue weighted by atomic mass is 9.91. The first kappa shape index (κ1) is 13.1. The van der Waals surface area contributed by atoms with Crippen LogP contribution in [0, 0.1) is 5.41 Å². The molecule has 90 valence electrons. The number of nitrogens with zero attached hydrogens (tertiary/aromatic N) is 1. The SMILES string of the molecule is CC(C(=O)O)N1C(=O)CSC=C1C(C)(C)C. The van der Waals surface area contributed by atoms with Crippen LogP contribution in [0.1, 0.15) is 27.7 Å². The first-order valence-corrected chi connectivity index (χ1v) is 6.17. The van der Waals surface area contributed by atoms with E-state index in [9.17, 15) is 9.59 Å². The van der Waals surface area contributed by atoms with Gasteiger partial charge in [0.2, 0.25) is 5.91 Å². The fourth-order valence-electron chi connectivity index (χ4n) is 1.53. The van der Waals surface area contributed by atoms with E-state index in [0.29, 0.717) is 5.75 Å². The van der Waals surface area contributed by atoms with E-state index in [0.717, 1.165) is 5.70 Å². The molecule has 0 aromatic rings. The van der Waals surface area contributed by atoms with Crippen LogP contribution in [0.25, 0.3) is 0 Å². The van der Waals surface area contributed by atoms with Crippen molar-refractivity contribution in [3.05, 3.63) is 11.1 Å². The summed E-state index contributed by atoms with van der Waals surface area (Å²) in [5.41, 5.74) is 0.552. The van der Waals surface area contributed by atoms with Crippen LogP contribution in [-0.2, 0) is 9.59 Å². The molecule has 1 N–H and O–H groups in total. The second-order valence-corrected chi connectivity index (χ2v) is 5.70. The molecule has 0 aromatic heterocycles. The molecule has 1 unspecified atom stereocenters. The Morgan fingerprint density at radius 2 is 2.12 bits per heavy atom. The van der Waals surface area contributed by atoms with Crippen molar-refractivity contribution in [3.63, 3.8) is 0 Å². The normalized spacial score (nSPS) is 19.4. The van der Waals surface area contributed by atoms with Gasteiger partial charge in [-0.2, -0.15) is 0 Å². The van der Waals surface area contributed by atoms with Crippen LogP contribution < -0.4 is 0 Å². The Hall–Kier alpha value is -0.970. The molecular weight excluding hydrogens is 226 g/mol. The average Bonchev–Trinajstić information content (AvgIpc) is 2.14. The molecule has 0 saturated heterocycles. The number of carboxylic acids is 1. The number of rotatable bonds is 2. The number of hydrogen-bond donors (Lipinski definition) is 1. The maximum Gasteiger partial charge on any atom is 0.326 e. The molecule has 0 radical (unpaired) electrons. The molecule has 4 nitrogen and oxygen atoms in total. The predicted molar refractivity (Wildman–Crippen MR) is 63.9 cm³/mol. The lowest BCUT2D eigenvalue weighted by Gasteiger charge is -2.38. The van der Waals surface area contributed by atoms with Crippen LogP contribution in [0.4, 0.5) is 0 Å². The highest BCUT2D eigenvalue weighted by Crippen LogP contribution is 2.35. The molecule has 1 rings (SSSR count). The van der Waals surface area contributed by atoms with E-state index in [1.807, 2.05) is 26.2 Å². The Bertz CT molecular complexity index is 344. The minimum absolute atomic E-state index is 0.132. The van der Waals surface area contributed by atoms with Gasteiger partial charge in [-0.15, -0.1) is 11.8 Å². The van der Waals surface area contributed by atoms with E-state index in [4.69, 9.17) is 5.11 Å². The zero-order valence-electron chi connectivity index (χ0n) is 9.98. The van der Waals surface area contributed by atoms with Gasteiger partial charge >= 0.3 is 5.97 Å². The number of carboxylic acid groups (broad SMARTS) is 1. The summed E-state index contributed by atoms with van der Waals surface area (Å²) in [6.45, 7) is 7.45. The molecule has 0 saturated carbocycles. The van der Waals surface area contributed by atoms with E-state index in [2.05, 4.69) is 0 Å². The maximum absolute atomic E-state index is 11.8. The molecule has 0 bridgehead atoms. The molecule has 1 aliphatic rings. The first-order valence-electron chi connectivity index (χ1n) is 5.12. The van der Waals surface area contributed by atoms with Gasteiger partial charge in [-0.25, -0.2) is 4.79 Å². The highest BCUT2D eigenvalue weighted by molar-refractivity contribution is 8.02. The van der Waals surface area contributed by atoms with E-state index < -0.39 is 12.0 Å². The quantitative estimate of drug-likeness (QED) is 0.805. The number of allylic oxidation sites excluding steroid dienone is 1.